The molecule has 0 heterocycles. The number of carbonyl (C=O) groups is 1. The fourth-order valence-electron chi connectivity index (χ4n) is 4.84. The SMILES string of the molecule is CCOC1[C@@H]2C[C@@H]3C(C)=CC(=O)[C@H]1[C@@]3(O)c1ccccc12. The van der Waals surface area contributed by atoms with Crippen LogP contribution < -0.4 is 0 Å². The third-order valence-electron chi connectivity index (χ3n) is 5.60. The second kappa shape index (κ2) is 4.28. The minimum atomic E-state index is -1.10. The van der Waals surface area contributed by atoms with Crippen molar-refractivity contribution in [1.29, 1.82) is 0 Å². The van der Waals surface area contributed by atoms with E-state index in [0.717, 1.165) is 23.1 Å². The van der Waals surface area contributed by atoms with Crippen LogP contribution in [-0.4, -0.2) is 23.6 Å². The normalized spacial score (nSPS) is 40.0. The average molecular weight is 284 g/mol. The maximum absolute atomic E-state index is 12.6. The quantitative estimate of drug-likeness (QED) is 0.908. The first-order valence-corrected chi connectivity index (χ1v) is 7.74. The molecule has 5 rings (SSSR count). The van der Waals surface area contributed by atoms with Gasteiger partial charge >= 0.3 is 0 Å². The van der Waals surface area contributed by atoms with Crippen LogP contribution in [0.4, 0.5) is 0 Å². The number of hydrogen-bond acceptors (Lipinski definition) is 3. The summed E-state index contributed by atoms with van der Waals surface area (Å²) in [4.78, 5) is 12.6. The summed E-state index contributed by atoms with van der Waals surface area (Å²) in [5.41, 5.74) is 2.01. The molecular weight excluding hydrogens is 264 g/mol. The first-order chi connectivity index (χ1) is 10.1. The minimum Gasteiger partial charge on any atom is -0.384 e. The van der Waals surface area contributed by atoms with Crippen LogP contribution in [0.5, 0.6) is 0 Å². The highest BCUT2D eigenvalue weighted by atomic mass is 16.5. The van der Waals surface area contributed by atoms with Crippen molar-refractivity contribution in [2.75, 3.05) is 6.61 Å². The van der Waals surface area contributed by atoms with Gasteiger partial charge in [-0.25, -0.2) is 0 Å². The van der Waals surface area contributed by atoms with Crippen LogP contribution in [0.15, 0.2) is 35.9 Å². The van der Waals surface area contributed by atoms with Crippen molar-refractivity contribution in [1.82, 2.24) is 0 Å². The molecule has 0 amide bonds. The minimum absolute atomic E-state index is 0.0175. The molecule has 4 bridgehead atoms. The number of ketones is 1. The van der Waals surface area contributed by atoms with Crippen LogP contribution in [0.3, 0.4) is 0 Å². The topological polar surface area (TPSA) is 46.5 Å². The van der Waals surface area contributed by atoms with Gasteiger partial charge in [-0.15, -0.1) is 0 Å². The van der Waals surface area contributed by atoms with Crippen molar-refractivity contribution in [2.45, 2.75) is 37.9 Å². The van der Waals surface area contributed by atoms with Crippen molar-refractivity contribution in [3.05, 3.63) is 47.0 Å². The highest BCUT2D eigenvalue weighted by Crippen LogP contribution is 2.62. The fraction of sp³-hybridized carbons (Fsp3) is 0.500. The summed E-state index contributed by atoms with van der Waals surface area (Å²) < 4.78 is 5.92. The predicted octanol–water partition coefficient (Wildman–Crippen LogP) is 2.54. The Morgan fingerprint density at radius 1 is 1.38 bits per heavy atom. The van der Waals surface area contributed by atoms with Crippen LogP contribution in [-0.2, 0) is 15.1 Å². The number of aliphatic hydroxyl groups is 1. The number of rotatable bonds is 2. The summed E-state index contributed by atoms with van der Waals surface area (Å²) in [5.74, 6) is -0.196. The van der Waals surface area contributed by atoms with E-state index in [9.17, 15) is 9.90 Å². The summed E-state index contributed by atoms with van der Waals surface area (Å²) in [6.45, 7) is 4.48. The van der Waals surface area contributed by atoms with E-state index in [1.165, 1.54) is 0 Å². The maximum Gasteiger partial charge on any atom is 0.164 e. The number of benzene rings is 1. The van der Waals surface area contributed by atoms with Gasteiger partial charge in [0.2, 0.25) is 0 Å². The van der Waals surface area contributed by atoms with Gasteiger partial charge in [-0.1, -0.05) is 29.8 Å². The second-order valence-corrected chi connectivity index (χ2v) is 6.50. The molecule has 1 fully saturated rings. The van der Waals surface area contributed by atoms with E-state index in [4.69, 9.17) is 4.74 Å². The van der Waals surface area contributed by atoms with Crippen molar-refractivity contribution in [3.63, 3.8) is 0 Å². The molecule has 4 aliphatic rings. The molecule has 4 aliphatic carbocycles. The Morgan fingerprint density at radius 3 is 2.90 bits per heavy atom. The monoisotopic (exact) mass is 284 g/mol. The number of allylic oxidation sites excluding steroid dienone is 1. The Labute approximate surface area is 124 Å². The van der Waals surface area contributed by atoms with Crippen LogP contribution in [0.25, 0.3) is 0 Å². The molecule has 0 aliphatic heterocycles. The van der Waals surface area contributed by atoms with Crippen molar-refractivity contribution in [2.24, 2.45) is 11.8 Å². The zero-order valence-corrected chi connectivity index (χ0v) is 12.4. The molecule has 3 nitrogen and oxygen atoms in total. The van der Waals surface area contributed by atoms with Gasteiger partial charge in [0, 0.05) is 18.4 Å². The Bertz CT molecular complexity index is 648. The molecule has 110 valence electrons. The third-order valence-corrected chi connectivity index (χ3v) is 5.60. The second-order valence-electron chi connectivity index (χ2n) is 6.50. The lowest BCUT2D eigenvalue weighted by Gasteiger charge is -2.59. The van der Waals surface area contributed by atoms with Gasteiger partial charge in [0.25, 0.3) is 0 Å². The summed E-state index contributed by atoms with van der Waals surface area (Å²) >= 11 is 0. The van der Waals surface area contributed by atoms with Gasteiger partial charge in [-0.05, 0) is 37.5 Å². The molecule has 0 saturated heterocycles. The van der Waals surface area contributed by atoms with Gasteiger partial charge in [0.15, 0.2) is 5.78 Å². The van der Waals surface area contributed by atoms with Gasteiger partial charge in [-0.2, -0.15) is 0 Å². The van der Waals surface area contributed by atoms with Crippen molar-refractivity contribution in [3.8, 4) is 0 Å². The summed E-state index contributed by atoms with van der Waals surface area (Å²) in [5, 5.41) is 11.5. The zero-order chi connectivity index (χ0) is 14.8. The lowest BCUT2D eigenvalue weighted by atomic mass is 9.49. The predicted molar refractivity (Wildman–Crippen MR) is 78.9 cm³/mol. The average Bonchev–Trinajstić information content (AvgIpc) is 2.46. The highest BCUT2D eigenvalue weighted by Gasteiger charge is 2.64. The van der Waals surface area contributed by atoms with Crippen molar-refractivity contribution < 1.29 is 14.6 Å². The van der Waals surface area contributed by atoms with E-state index < -0.39 is 11.5 Å². The highest BCUT2D eigenvalue weighted by molar-refractivity contribution is 5.96. The Balaban J connectivity index is 1.99. The molecule has 3 heteroatoms. The van der Waals surface area contributed by atoms with Crippen LogP contribution in [0.1, 0.15) is 37.3 Å². The largest absolute Gasteiger partial charge is 0.384 e. The Kier molecular flexibility index (Phi) is 2.69. The number of carbonyl (C=O) groups excluding carboxylic acids is 1. The van der Waals surface area contributed by atoms with Gasteiger partial charge in [0.05, 0.1) is 12.0 Å². The first kappa shape index (κ1) is 13.2. The summed E-state index contributed by atoms with van der Waals surface area (Å²) in [6.07, 6.45) is 2.38. The van der Waals surface area contributed by atoms with Gasteiger partial charge in [-0.3, -0.25) is 4.79 Å². The Hall–Kier alpha value is -1.45. The Morgan fingerprint density at radius 2 is 2.14 bits per heavy atom. The molecular formula is C18H20O3. The standard InChI is InChI=1S/C18H20O3/c1-3-21-17-12-9-14-10(2)8-15(19)16(17)18(14,20)13-7-5-4-6-11(12)13/h4-8,12,14,16-17,20H,3,9H2,1-2H3/t12-,14-,16-,17?,18-/m1/s1. The van der Waals surface area contributed by atoms with Crippen LogP contribution in [0, 0.1) is 11.8 Å². The molecule has 1 saturated carbocycles. The lowest BCUT2D eigenvalue weighted by Crippen LogP contribution is -2.63. The maximum atomic E-state index is 12.6. The number of ether oxygens (including phenoxy) is 1. The van der Waals surface area contributed by atoms with Gasteiger partial charge in [0.1, 0.15) is 5.60 Å². The first-order valence-electron chi connectivity index (χ1n) is 7.74. The van der Waals surface area contributed by atoms with Crippen molar-refractivity contribution >= 4 is 5.78 Å². The van der Waals surface area contributed by atoms with E-state index in [2.05, 4.69) is 6.07 Å². The molecule has 0 radical (unpaired) electrons. The molecule has 1 unspecified atom stereocenters. The smallest absolute Gasteiger partial charge is 0.164 e. The van der Waals surface area contributed by atoms with Gasteiger partial charge < -0.3 is 9.84 Å². The molecule has 1 aromatic carbocycles. The molecule has 5 atom stereocenters. The molecule has 1 aromatic rings. The fourth-order valence-corrected chi connectivity index (χ4v) is 4.84. The number of hydrogen-bond donors (Lipinski definition) is 1. The van der Waals surface area contributed by atoms with Crippen LogP contribution in [0.2, 0.25) is 0 Å². The van der Waals surface area contributed by atoms with E-state index in [1.807, 2.05) is 32.0 Å². The lowest BCUT2D eigenvalue weighted by molar-refractivity contribution is -0.183. The molecule has 0 spiro atoms. The van der Waals surface area contributed by atoms with Crippen LogP contribution >= 0.6 is 0 Å². The summed E-state index contributed by atoms with van der Waals surface area (Å²) in [6, 6.07) is 8.02. The molecule has 21 heavy (non-hydrogen) atoms. The van der Waals surface area contributed by atoms with E-state index in [0.29, 0.717) is 6.61 Å². The van der Waals surface area contributed by atoms with E-state index >= 15 is 0 Å². The van der Waals surface area contributed by atoms with E-state index in [1.54, 1.807) is 6.08 Å². The molecule has 1 N–H and O–H groups in total. The zero-order valence-electron chi connectivity index (χ0n) is 12.4. The summed E-state index contributed by atoms with van der Waals surface area (Å²) in [7, 11) is 0. The third kappa shape index (κ3) is 1.48. The molecule has 0 aromatic heterocycles. The van der Waals surface area contributed by atoms with E-state index in [-0.39, 0.29) is 23.7 Å².